The Balaban J connectivity index is 1.80. The molecule has 6 heteroatoms. The van der Waals surface area contributed by atoms with Crippen LogP contribution in [0.15, 0.2) is 28.9 Å². The van der Waals surface area contributed by atoms with Gasteiger partial charge >= 0.3 is 0 Å². The maximum Gasteiger partial charge on any atom is 0.139 e. The van der Waals surface area contributed by atoms with Crippen molar-refractivity contribution in [2.45, 2.75) is 52.4 Å². The molecule has 0 spiro atoms. The second-order valence-electron chi connectivity index (χ2n) is 7.88. The highest BCUT2D eigenvalue weighted by molar-refractivity contribution is 7.00. The van der Waals surface area contributed by atoms with Crippen LogP contribution in [0.1, 0.15) is 55.9 Å². The molecule has 0 N–H and O–H groups in total. The maximum absolute atomic E-state index is 5.01. The summed E-state index contributed by atoms with van der Waals surface area (Å²) in [6.07, 6.45) is 0.846. The number of benzene rings is 2. The zero-order valence-corrected chi connectivity index (χ0v) is 16.5. The summed E-state index contributed by atoms with van der Waals surface area (Å²) in [5.74, 6) is 0.432. The first kappa shape index (κ1) is 17.1. The zero-order valence-electron chi connectivity index (χ0n) is 15.7. The third kappa shape index (κ3) is 2.69. The van der Waals surface area contributed by atoms with Crippen molar-refractivity contribution in [3.05, 3.63) is 46.5 Å². The van der Waals surface area contributed by atoms with E-state index in [4.69, 9.17) is 4.63 Å². The average Bonchev–Trinajstić information content (AvgIpc) is 3.24. The van der Waals surface area contributed by atoms with E-state index in [0.29, 0.717) is 5.92 Å². The minimum absolute atomic E-state index is 0.138. The van der Waals surface area contributed by atoms with Crippen LogP contribution in [0.3, 0.4) is 0 Å². The van der Waals surface area contributed by atoms with Gasteiger partial charge in [0.05, 0.1) is 11.7 Å². The summed E-state index contributed by atoms with van der Waals surface area (Å²) in [4.78, 5) is 0. The van der Waals surface area contributed by atoms with Crippen LogP contribution in [0.4, 0.5) is 0 Å². The Morgan fingerprint density at radius 2 is 1.69 bits per heavy atom. The lowest BCUT2D eigenvalue weighted by Crippen LogP contribution is -2.21. The standard InChI is InChI=1S/C20H22N4OS/c1-11(2)14-8-7-13(17-18(14)24-26-23-17)10-20(4,5)15-9-6-12(3)16-19(15)22-25-21-16/h6-9,11H,10H2,1-5H3. The minimum atomic E-state index is -0.138. The van der Waals surface area contributed by atoms with Crippen molar-refractivity contribution < 1.29 is 4.63 Å². The molecule has 2 heterocycles. The van der Waals surface area contributed by atoms with Crippen LogP contribution in [0, 0.1) is 6.92 Å². The second-order valence-corrected chi connectivity index (χ2v) is 8.41. The van der Waals surface area contributed by atoms with E-state index in [1.165, 1.54) is 22.9 Å². The van der Waals surface area contributed by atoms with Crippen molar-refractivity contribution in [2.75, 3.05) is 0 Å². The molecule has 5 nitrogen and oxygen atoms in total. The topological polar surface area (TPSA) is 64.7 Å². The van der Waals surface area contributed by atoms with E-state index >= 15 is 0 Å². The molecule has 0 radical (unpaired) electrons. The molecule has 0 bridgehead atoms. The molecule has 0 aliphatic heterocycles. The molecule has 4 aromatic rings. The molecule has 4 rings (SSSR count). The lowest BCUT2D eigenvalue weighted by molar-refractivity contribution is 0.314. The Morgan fingerprint density at radius 1 is 0.962 bits per heavy atom. The number of hydrogen-bond acceptors (Lipinski definition) is 6. The lowest BCUT2D eigenvalue weighted by atomic mass is 9.77. The van der Waals surface area contributed by atoms with E-state index in [-0.39, 0.29) is 5.41 Å². The number of aryl methyl sites for hydroxylation is 1. The van der Waals surface area contributed by atoms with Gasteiger partial charge in [0.1, 0.15) is 22.1 Å². The van der Waals surface area contributed by atoms with Gasteiger partial charge in [-0.1, -0.05) is 52.0 Å². The Labute approximate surface area is 156 Å². The van der Waals surface area contributed by atoms with Gasteiger partial charge in [-0.2, -0.15) is 8.75 Å². The molecule has 0 unspecified atom stereocenters. The van der Waals surface area contributed by atoms with E-state index in [0.717, 1.165) is 39.6 Å². The van der Waals surface area contributed by atoms with Crippen molar-refractivity contribution in [2.24, 2.45) is 0 Å². The maximum atomic E-state index is 5.01. The fraction of sp³-hybridized carbons (Fsp3) is 0.400. The summed E-state index contributed by atoms with van der Waals surface area (Å²) in [5, 5.41) is 8.23. The molecule has 2 aromatic carbocycles. The molecule has 0 atom stereocenters. The monoisotopic (exact) mass is 366 g/mol. The Kier molecular flexibility index (Phi) is 4.03. The largest absolute Gasteiger partial charge is 0.243 e. The number of aromatic nitrogens is 4. The summed E-state index contributed by atoms with van der Waals surface area (Å²) in [6, 6.07) is 8.63. The van der Waals surface area contributed by atoms with Crippen molar-refractivity contribution in [1.82, 2.24) is 19.1 Å². The predicted molar refractivity (Wildman–Crippen MR) is 105 cm³/mol. The highest BCUT2D eigenvalue weighted by Gasteiger charge is 2.27. The summed E-state index contributed by atoms with van der Waals surface area (Å²) in [5.41, 5.74) is 8.30. The smallest absolute Gasteiger partial charge is 0.139 e. The van der Waals surface area contributed by atoms with Gasteiger partial charge in [-0.15, -0.1) is 0 Å². The second kappa shape index (κ2) is 6.13. The van der Waals surface area contributed by atoms with Crippen LogP contribution < -0.4 is 0 Å². The highest BCUT2D eigenvalue weighted by Crippen LogP contribution is 2.36. The van der Waals surface area contributed by atoms with Crippen LogP contribution in [0.2, 0.25) is 0 Å². The van der Waals surface area contributed by atoms with Crippen LogP contribution in [-0.2, 0) is 11.8 Å². The minimum Gasteiger partial charge on any atom is -0.243 e. The normalized spacial score (nSPS) is 12.5. The van der Waals surface area contributed by atoms with Crippen LogP contribution >= 0.6 is 11.7 Å². The summed E-state index contributed by atoms with van der Waals surface area (Å²) >= 11 is 1.29. The molecule has 0 aliphatic rings. The first-order valence-electron chi connectivity index (χ1n) is 8.85. The van der Waals surface area contributed by atoms with Gasteiger partial charge in [-0.25, -0.2) is 4.63 Å². The van der Waals surface area contributed by atoms with Gasteiger partial charge in [0, 0.05) is 0 Å². The van der Waals surface area contributed by atoms with Crippen LogP contribution in [0.5, 0.6) is 0 Å². The van der Waals surface area contributed by atoms with Gasteiger partial charge in [0.25, 0.3) is 0 Å². The molecule has 0 aliphatic carbocycles. The quantitative estimate of drug-likeness (QED) is 0.498. The Bertz CT molecular complexity index is 1090. The third-order valence-electron chi connectivity index (χ3n) is 5.13. The molecular formula is C20H22N4OS. The molecule has 0 saturated carbocycles. The van der Waals surface area contributed by atoms with Gasteiger partial charge in [-0.3, -0.25) is 0 Å². The summed E-state index contributed by atoms with van der Waals surface area (Å²) in [7, 11) is 0. The van der Waals surface area contributed by atoms with Crippen molar-refractivity contribution in [3.63, 3.8) is 0 Å². The predicted octanol–water partition coefficient (Wildman–Crippen LogP) is 5.18. The number of nitrogens with zero attached hydrogens (tertiary/aromatic N) is 4. The van der Waals surface area contributed by atoms with Gasteiger partial charge in [0.2, 0.25) is 0 Å². The molecule has 0 saturated heterocycles. The fourth-order valence-electron chi connectivity index (χ4n) is 3.65. The van der Waals surface area contributed by atoms with E-state index in [2.05, 4.69) is 71.0 Å². The third-order valence-corrected chi connectivity index (χ3v) is 5.66. The van der Waals surface area contributed by atoms with E-state index in [9.17, 15) is 0 Å². The SMILES string of the molecule is Cc1ccc(C(C)(C)Cc2ccc(C(C)C)c3nsnc23)c2nonc12. The Hall–Kier alpha value is -2.34. The Morgan fingerprint density at radius 3 is 2.46 bits per heavy atom. The molecule has 0 amide bonds. The zero-order chi connectivity index (χ0) is 18.5. The van der Waals surface area contributed by atoms with Gasteiger partial charge < -0.3 is 0 Å². The first-order valence-corrected chi connectivity index (χ1v) is 9.58. The molecule has 0 fully saturated rings. The average molecular weight is 366 g/mol. The number of fused-ring (bicyclic) bond motifs is 2. The molecule has 26 heavy (non-hydrogen) atoms. The van der Waals surface area contributed by atoms with Crippen molar-refractivity contribution >= 4 is 33.8 Å². The van der Waals surface area contributed by atoms with Gasteiger partial charge in [0.15, 0.2) is 0 Å². The highest BCUT2D eigenvalue weighted by atomic mass is 32.1. The number of hydrogen-bond donors (Lipinski definition) is 0. The molecule has 2 aromatic heterocycles. The number of rotatable bonds is 4. The molecular weight excluding hydrogens is 344 g/mol. The molecule has 134 valence electrons. The van der Waals surface area contributed by atoms with Crippen LogP contribution in [0.25, 0.3) is 22.1 Å². The van der Waals surface area contributed by atoms with E-state index in [1.807, 2.05) is 6.92 Å². The van der Waals surface area contributed by atoms with Crippen LogP contribution in [-0.4, -0.2) is 19.1 Å². The van der Waals surface area contributed by atoms with Crippen molar-refractivity contribution in [3.8, 4) is 0 Å². The van der Waals surface area contributed by atoms with Gasteiger partial charge in [-0.05, 0) is 57.2 Å². The first-order chi connectivity index (χ1) is 12.4. The van der Waals surface area contributed by atoms with Crippen molar-refractivity contribution in [1.29, 1.82) is 0 Å². The van der Waals surface area contributed by atoms with E-state index < -0.39 is 0 Å². The summed E-state index contributed by atoms with van der Waals surface area (Å²) in [6.45, 7) is 10.9. The summed E-state index contributed by atoms with van der Waals surface area (Å²) < 4.78 is 14.2. The fourth-order valence-corrected chi connectivity index (χ4v) is 4.25. The van der Waals surface area contributed by atoms with E-state index in [1.54, 1.807) is 0 Å². The lowest BCUT2D eigenvalue weighted by Gasteiger charge is -2.26.